The lowest BCUT2D eigenvalue weighted by Crippen LogP contribution is -2.36. The number of hydrogen-bond acceptors (Lipinski definition) is 3. The van der Waals surface area contributed by atoms with Gasteiger partial charge < -0.3 is 9.84 Å². The molecule has 3 aromatic carbocycles. The van der Waals surface area contributed by atoms with Crippen LogP contribution in [-0.2, 0) is 5.41 Å². The maximum absolute atomic E-state index is 11.4. The van der Waals surface area contributed by atoms with Crippen LogP contribution in [-0.4, -0.2) is 10.0 Å². The van der Waals surface area contributed by atoms with Gasteiger partial charge in [0.15, 0.2) is 4.93 Å². The van der Waals surface area contributed by atoms with E-state index in [4.69, 9.17) is 4.74 Å². The van der Waals surface area contributed by atoms with Crippen LogP contribution >= 0.6 is 11.8 Å². The molecule has 1 heterocycles. The zero-order chi connectivity index (χ0) is 24.8. The first-order valence-electron chi connectivity index (χ1n) is 13.4. The second-order valence-electron chi connectivity index (χ2n) is 12.7. The molecule has 1 spiro atoms. The van der Waals surface area contributed by atoms with Crippen molar-refractivity contribution >= 4 is 22.5 Å². The van der Waals surface area contributed by atoms with Crippen LogP contribution in [0.4, 0.5) is 0 Å². The summed E-state index contributed by atoms with van der Waals surface area (Å²) in [4.78, 5) is 0.906. The molecule has 3 aliphatic rings. The number of aromatic hydroxyl groups is 1. The normalized spacial score (nSPS) is 23.5. The van der Waals surface area contributed by atoms with Crippen molar-refractivity contribution in [2.45, 2.75) is 88.9 Å². The fraction of sp³-hybridized carbons (Fsp3) is 0.500. The van der Waals surface area contributed by atoms with Crippen LogP contribution in [0.5, 0.6) is 11.5 Å². The third-order valence-corrected chi connectivity index (χ3v) is 10.6. The Kier molecular flexibility index (Phi) is 5.11. The molecule has 0 saturated heterocycles. The summed E-state index contributed by atoms with van der Waals surface area (Å²) in [7, 11) is 0. The number of phenolic OH excluding ortho intramolecular Hbond substituents is 1. The first-order chi connectivity index (χ1) is 16.6. The van der Waals surface area contributed by atoms with E-state index in [2.05, 4.69) is 84.0 Å². The third kappa shape index (κ3) is 3.37. The van der Waals surface area contributed by atoms with Gasteiger partial charge in [0.2, 0.25) is 0 Å². The van der Waals surface area contributed by atoms with Gasteiger partial charge in [-0.05, 0) is 89.3 Å². The molecule has 2 aliphatic carbocycles. The summed E-state index contributed by atoms with van der Waals surface area (Å²) in [6.07, 6.45) is 5.69. The van der Waals surface area contributed by atoms with E-state index >= 15 is 0 Å². The van der Waals surface area contributed by atoms with E-state index in [9.17, 15) is 5.11 Å². The van der Waals surface area contributed by atoms with Crippen LogP contribution in [0.2, 0.25) is 0 Å². The molecular weight excluding hydrogens is 448 g/mol. The van der Waals surface area contributed by atoms with Crippen molar-refractivity contribution in [1.82, 2.24) is 0 Å². The van der Waals surface area contributed by atoms with Crippen LogP contribution < -0.4 is 4.74 Å². The lowest BCUT2D eigenvalue weighted by molar-refractivity contribution is 0.0990. The molecule has 3 aromatic rings. The SMILES string of the molecule is CC(C)CC1(C(C)C)Oc2cc3c4c(cc(O)c3cc2S1)C1(CCC(C)(C)CC1)c1ccccc1-4. The van der Waals surface area contributed by atoms with Gasteiger partial charge >= 0.3 is 0 Å². The number of fused-ring (bicyclic) bond motifs is 8. The van der Waals surface area contributed by atoms with E-state index in [0.717, 1.165) is 40.7 Å². The summed E-state index contributed by atoms with van der Waals surface area (Å²) < 4.78 is 6.81. The molecule has 1 atom stereocenters. The van der Waals surface area contributed by atoms with Gasteiger partial charge in [0, 0.05) is 16.7 Å². The van der Waals surface area contributed by atoms with Gasteiger partial charge in [-0.1, -0.05) is 77.6 Å². The van der Waals surface area contributed by atoms with Gasteiger partial charge in [-0.15, -0.1) is 0 Å². The zero-order valence-corrected chi connectivity index (χ0v) is 22.8. The van der Waals surface area contributed by atoms with Crippen LogP contribution in [0.25, 0.3) is 21.9 Å². The minimum Gasteiger partial charge on any atom is -0.507 e. The quantitative estimate of drug-likeness (QED) is 0.400. The van der Waals surface area contributed by atoms with E-state index in [0.29, 0.717) is 23.0 Å². The number of ether oxygens (including phenoxy) is 1. The highest BCUT2D eigenvalue weighted by Gasteiger charge is 2.48. The van der Waals surface area contributed by atoms with Gasteiger partial charge in [0.05, 0.1) is 4.90 Å². The van der Waals surface area contributed by atoms with E-state index in [-0.39, 0.29) is 10.3 Å². The number of thioether (sulfide) groups is 1. The second-order valence-corrected chi connectivity index (χ2v) is 14.1. The maximum Gasteiger partial charge on any atom is 0.161 e. The van der Waals surface area contributed by atoms with Gasteiger partial charge in [0.1, 0.15) is 11.5 Å². The molecule has 1 unspecified atom stereocenters. The predicted molar refractivity (Wildman–Crippen MR) is 148 cm³/mol. The molecule has 6 rings (SSSR count). The van der Waals surface area contributed by atoms with Crippen LogP contribution in [0.1, 0.15) is 84.8 Å². The Labute approximate surface area is 214 Å². The molecule has 1 saturated carbocycles. The van der Waals surface area contributed by atoms with Gasteiger partial charge in [-0.3, -0.25) is 0 Å². The smallest absolute Gasteiger partial charge is 0.161 e. The van der Waals surface area contributed by atoms with Crippen molar-refractivity contribution in [2.75, 3.05) is 0 Å². The molecule has 1 aliphatic heterocycles. The van der Waals surface area contributed by atoms with Crippen molar-refractivity contribution in [3.8, 4) is 22.6 Å². The molecule has 0 bridgehead atoms. The Morgan fingerprint density at radius 2 is 1.63 bits per heavy atom. The maximum atomic E-state index is 11.4. The van der Waals surface area contributed by atoms with E-state index < -0.39 is 0 Å². The average Bonchev–Trinajstić information content (AvgIpc) is 3.28. The van der Waals surface area contributed by atoms with Crippen molar-refractivity contribution in [1.29, 1.82) is 0 Å². The molecule has 0 aromatic heterocycles. The van der Waals surface area contributed by atoms with Crippen molar-refractivity contribution in [2.24, 2.45) is 17.3 Å². The van der Waals surface area contributed by atoms with Gasteiger partial charge in [-0.25, -0.2) is 0 Å². The molecule has 2 nitrogen and oxygen atoms in total. The average molecular weight is 487 g/mol. The van der Waals surface area contributed by atoms with Gasteiger partial charge in [-0.2, -0.15) is 0 Å². The highest BCUT2D eigenvalue weighted by Crippen LogP contribution is 2.62. The van der Waals surface area contributed by atoms with Crippen molar-refractivity contribution in [3.63, 3.8) is 0 Å². The first-order valence-corrected chi connectivity index (χ1v) is 14.2. The highest BCUT2D eigenvalue weighted by atomic mass is 32.2. The molecule has 1 fully saturated rings. The molecule has 3 heteroatoms. The second kappa shape index (κ2) is 7.68. The first kappa shape index (κ1) is 23.3. The molecule has 184 valence electrons. The number of hydrogen-bond donors (Lipinski definition) is 1. The lowest BCUT2D eigenvalue weighted by atomic mass is 9.61. The Bertz CT molecular complexity index is 1330. The van der Waals surface area contributed by atoms with Crippen molar-refractivity contribution in [3.05, 3.63) is 53.6 Å². The summed E-state index contributed by atoms with van der Waals surface area (Å²) in [5.74, 6) is 2.32. The molecule has 1 N–H and O–H groups in total. The molecule has 0 radical (unpaired) electrons. The van der Waals surface area contributed by atoms with Crippen LogP contribution in [0.15, 0.2) is 47.4 Å². The topological polar surface area (TPSA) is 29.5 Å². The summed E-state index contributed by atoms with van der Waals surface area (Å²) in [6.45, 7) is 13.9. The predicted octanol–water partition coefficient (Wildman–Crippen LogP) is 9.29. The zero-order valence-electron chi connectivity index (χ0n) is 22.0. The molecular formula is C32H38O2S. The van der Waals surface area contributed by atoms with E-state index in [1.54, 1.807) is 0 Å². The number of phenols is 1. The Hall–Kier alpha value is -2.13. The number of benzene rings is 3. The number of rotatable bonds is 3. The summed E-state index contributed by atoms with van der Waals surface area (Å²) >= 11 is 1.85. The lowest BCUT2D eigenvalue weighted by Gasteiger charge is -2.43. The summed E-state index contributed by atoms with van der Waals surface area (Å²) in [5.41, 5.74) is 5.81. The minimum absolute atomic E-state index is 0.00106. The highest BCUT2D eigenvalue weighted by molar-refractivity contribution is 8.01. The Morgan fingerprint density at radius 1 is 0.914 bits per heavy atom. The van der Waals surface area contributed by atoms with Crippen LogP contribution in [0.3, 0.4) is 0 Å². The summed E-state index contributed by atoms with van der Waals surface area (Å²) in [5, 5.41) is 13.5. The third-order valence-electron chi connectivity index (χ3n) is 9.00. The Morgan fingerprint density at radius 3 is 2.31 bits per heavy atom. The van der Waals surface area contributed by atoms with E-state index in [1.807, 2.05) is 11.8 Å². The minimum atomic E-state index is -0.249. The monoisotopic (exact) mass is 486 g/mol. The van der Waals surface area contributed by atoms with E-state index in [1.165, 1.54) is 35.1 Å². The van der Waals surface area contributed by atoms with Crippen molar-refractivity contribution < 1.29 is 9.84 Å². The molecule has 0 amide bonds. The largest absolute Gasteiger partial charge is 0.507 e. The fourth-order valence-electron chi connectivity index (χ4n) is 6.91. The fourth-order valence-corrected chi connectivity index (χ4v) is 8.44. The van der Waals surface area contributed by atoms with Crippen LogP contribution in [0, 0.1) is 17.3 Å². The molecule has 35 heavy (non-hydrogen) atoms. The summed E-state index contributed by atoms with van der Waals surface area (Å²) in [6, 6.07) is 15.5. The standard InChI is InChI=1S/C32H38O2S/c1-19(2)18-32(20(3)4)34-27-15-23-22(16-28(27)35-32)26(33)17-25-29(23)21-9-7-8-10-24(21)31(25)13-11-30(5,6)12-14-31/h7-10,15-17,19-20,33H,11-14,18H2,1-6H3. The Balaban J connectivity index is 1.56. The van der Waals surface area contributed by atoms with Gasteiger partial charge in [0.25, 0.3) is 0 Å².